The molecular weight excluding hydrogens is 168 g/mol. The lowest BCUT2D eigenvalue weighted by Gasteiger charge is -2.30. The van der Waals surface area contributed by atoms with Crippen molar-refractivity contribution in [2.75, 3.05) is 20.1 Å². The van der Waals surface area contributed by atoms with Crippen molar-refractivity contribution >= 4 is 11.8 Å². The summed E-state index contributed by atoms with van der Waals surface area (Å²) in [7, 11) is 1.62. The Kier molecular flexibility index (Phi) is 3.28. The van der Waals surface area contributed by atoms with Gasteiger partial charge in [-0.1, -0.05) is 0 Å². The molecule has 1 heterocycles. The predicted molar refractivity (Wildman–Crippen MR) is 49.4 cm³/mol. The van der Waals surface area contributed by atoms with Gasteiger partial charge in [0.05, 0.1) is 0 Å². The first kappa shape index (κ1) is 10.0. The number of ketones is 1. The molecule has 1 rings (SSSR count). The Morgan fingerprint density at radius 1 is 1.31 bits per heavy atom. The van der Waals surface area contributed by atoms with Crippen LogP contribution in [-0.2, 0) is 4.79 Å². The summed E-state index contributed by atoms with van der Waals surface area (Å²) in [5, 5.41) is 2.58. The number of piperidine rings is 1. The van der Waals surface area contributed by atoms with E-state index >= 15 is 0 Å². The van der Waals surface area contributed by atoms with Crippen LogP contribution in [0.2, 0.25) is 0 Å². The minimum atomic E-state index is -0.0398. The summed E-state index contributed by atoms with van der Waals surface area (Å²) in [4.78, 5) is 23.9. The third-order valence-electron chi connectivity index (χ3n) is 2.57. The number of likely N-dealkylation sites (tertiary alicyclic amines) is 1. The molecule has 0 radical (unpaired) electrons. The molecule has 74 valence electrons. The summed E-state index contributed by atoms with van der Waals surface area (Å²) < 4.78 is 0. The number of carbonyl (C=O) groups is 2. The largest absolute Gasteiger partial charge is 0.341 e. The molecule has 0 bridgehead atoms. The Morgan fingerprint density at radius 2 is 1.85 bits per heavy atom. The van der Waals surface area contributed by atoms with Crippen LogP contribution in [0.15, 0.2) is 0 Å². The highest BCUT2D eigenvalue weighted by molar-refractivity contribution is 5.79. The van der Waals surface area contributed by atoms with Gasteiger partial charge in [-0.2, -0.15) is 0 Å². The molecule has 0 saturated carbocycles. The Hall–Kier alpha value is -1.06. The highest BCUT2D eigenvalue weighted by Gasteiger charge is 2.24. The average molecular weight is 184 g/mol. The lowest BCUT2D eigenvalue weighted by atomic mass is 9.94. The van der Waals surface area contributed by atoms with Crippen molar-refractivity contribution in [2.45, 2.75) is 19.8 Å². The molecule has 0 aromatic rings. The van der Waals surface area contributed by atoms with E-state index in [1.165, 1.54) is 0 Å². The Morgan fingerprint density at radius 3 is 2.23 bits per heavy atom. The van der Waals surface area contributed by atoms with Crippen LogP contribution in [0.3, 0.4) is 0 Å². The fraction of sp³-hybridized carbons (Fsp3) is 0.778. The number of amides is 2. The van der Waals surface area contributed by atoms with Crippen LogP contribution < -0.4 is 5.32 Å². The molecule has 2 amide bonds. The van der Waals surface area contributed by atoms with E-state index in [9.17, 15) is 9.59 Å². The Bertz CT molecular complexity index is 208. The molecule has 1 aliphatic heterocycles. The van der Waals surface area contributed by atoms with Crippen LogP contribution in [0.25, 0.3) is 0 Å². The van der Waals surface area contributed by atoms with E-state index in [1.54, 1.807) is 18.9 Å². The summed E-state index contributed by atoms with van der Waals surface area (Å²) in [6.07, 6.45) is 1.62. The standard InChI is InChI=1S/C9H16N2O2/c1-7(12)8-3-5-11(6-4-8)9(13)10-2/h8H,3-6H2,1-2H3,(H,10,13). The number of carbonyl (C=O) groups excluding carboxylic acids is 2. The summed E-state index contributed by atoms with van der Waals surface area (Å²) in [5.74, 6) is 0.414. The maximum Gasteiger partial charge on any atom is 0.317 e. The zero-order valence-electron chi connectivity index (χ0n) is 8.17. The van der Waals surface area contributed by atoms with Gasteiger partial charge in [-0.25, -0.2) is 4.79 Å². The molecule has 1 N–H and O–H groups in total. The number of nitrogens with zero attached hydrogens (tertiary/aromatic N) is 1. The van der Waals surface area contributed by atoms with Gasteiger partial charge in [0.2, 0.25) is 0 Å². The normalized spacial score (nSPS) is 18.5. The third-order valence-corrected chi connectivity index (χ3v) is 2.57. The molecule has 1 aliphatic rings. The van der Waals surface area contributed by atoms with Gasteiger partial charge in [0.25, 0.3) is 0 Å². The molecule has 0 aliphatic carbocycles. The fourth-order valence-electron chi connectivity index (χ4n) is 1.65. The Balaban J connectivity index is 2.39. The monoisotopic (exact) mass is 184 g/mol. The summed E-state index contributed by atoms with van der Waals surface area (Å²) >= 11 is 0. The molecule has 4 heteroatoms. The van der Waals surface area contributed by atoms with Crippen LogP contribution >= 0.6 is 0 Å². The van der Waals surface area contributed by atoms with Crippen LogP contribution in [-0.4, -0.2) is 36.9 Å². The minimum Gasteiger partial charge on any atom is -0.341 e. The van der Waals surface area contributed by atoms with E-state index < -0.39 is 0 Å². The third kappa shape index (κ3) is 2.44. The summed E-state index contributed by atoms with van der Waals surface area (Å²) in [6.45, 7) is 3.02. The summed E-state index contributed by atoms with van der Waals surface area (Å²) in [5.41, 5.74) is 0. The van der Waals surface area contributed by atoms with Crippen LogP contribution in [0.4, 0.5) is 4.79 Å². The second-order valence-electron chi connectivity index (χ2n) is 3.43. The van der Waals surface area contributed by atoms with Crippen molar-refractivity contribution in [1.29, 1.82) is 0 Å². The zero-order chi connectivity index (χ0) is 9.84. The van der Waals surface area contributed by atoms with Gasteiger partial charge in [-0.3, -0.25) is 4.79 Å². The van der Waals surface area contributed by atoms with E-state index in [0.717, 1.165) is 12.8 Å². The van der Waals surface area contributed by atoms with Gasteiger partial charge >= 0.3 is 6.03 Å². The van der Waals surface area contributed by atoms with E-state index in [4.69, 9.17) is 0 Å². The van der Waals surface area contributed by atoms with Crippen molar-refractivity contribution in [2.24, 2.45) is 5.92 Å². The topological polar surface area (TPSA) is 49.4 Å². The highest BCUT2D eigenvalue weighted by Crippen LogP contribution is 2.17. The SMILES string of the molecule is CNC(=O)N1CCC(C(C)=O)CC1. The average Bonchev–Trinajstić information content (AvgIpc) is 2.17. The number of rotatable bonds is 1. The zero-order valence-corrected chi connectivity index (χ0v) is 8.17. The van der Waals surface area contributed by atoms with Crippen LogP contribution in [0, 0.1) is 5.92 Å². The van der Waals surface area contributed by atoms with Gasteiger partial charge < -0.3 is 10.2 Å². The van der Waals surface area contributed by atoms with Gasteiger partial charge in [0, 0.05) is 26.1 Å². The van der Waals surface area contributed by atoms with Crippen LogP contribution in [0.1, 0.15) is 19.8 Å². The Labute approximate surface area is 78.3 Å². The molecule has 1 fully saturated rings. The number of Topliss-reactive ketones (excluding diaryl/α,β-unsaturated/α-hetero) is 1. The van der Waals surface area contributed by atoms with Gasteiger partial charge in [0.1, 0.15) is 5.78 Å². The molecule has 0 spiro atoms. The van der Waals surface area contributed by atoms with Crippen molar-refractivity contribution in [1.82, 2.24) is 10.2 Å². The quantitative estimate of drug-likeness (QED) is 0.649. The molecule has 13 heavy (non-hydrogen) atoms. The molecule has 0 unspecified atom stereocenters. The van der Waals surface area contributed by atoms with E-state index in [-0.39, 0.29) is 17.7 Å². The first-order valence-corrected chi connectivity index (χ1v) is 4.62. The molecule has 0 atom stereocenters. The first-order valence-electron chi connectivity index (χ1n) is 4.62. The molecule has 0 aromatic carbocycles. The van der Waals surface area contributed by atoms with Gasteiger partial charge in [-0.15, -0.1) is 0 Å². The maximum absolute atomic E-state index is 11.2. The molecule has 0 aromatic heterocycles. The number of nitrogens with one attached hydrogen (secondary N) is 1. The predicted octanol–water partition coefficient (Wildman–Crippen LogP) is 0.627. The number of hydrogen-bond acceptors (Lipinski definition) is 2. The maximum atomic E-state index is 11.2. The lowest BCUT2D eigenvalue weighted by molar-refractivity contribution is -0.121. The second kappa shape index (κ2) is 4.25. The number of urea groups is 1. The molecule has 1 saturated heterocycles. The minimum absolute atomic E-state index is 0.0398. The van der Waals surface area contributed by atoms with Crippen molar-refractivity contribution in [3.05, 3.63) is 0 Å². The summed E-state index contributed by atoms with van der Waals surface area (Å²) in [6, 6.07) is -0.0398. The van der Waals surface area contributed by atoms with Crippen molar-refractivity contribution in [3.63, 3.8) is 0 Å². The van der Waals surface area contributed by atoms with Gasteiger partial charge in [0.15, 0.2) is 0 Å². The molecular formula is C9H16N2O2. The fourth-order valence-corrected chi connectivity index (χ4v) is 1.65. The second-order valence-corrected chi connectivity index (χ2v) is 3.43. The van der Waals surface area contributed by atoms with Crippen molar-refractivity contribution < 1.29 is 9.59 Å². The van der Waals surface area contributed by atoms with Gasteiger partial charge in [-0.05, 0) is 19.8 Å². The highest BCUT2D eigenvalue weighted by atomic mass is 16.2. The smallest absolute Gasteiger partial charge is 0.317 e. The molecule has 4 nitrogen and oxygen atoms in total. The van der Waals surface area contributed by atoms with Crippen molar-refractivity contribution in [3.8, 4) is 0 Å². The number of hydrogen-bond donors (Lipinski definition) is 1. The van der Waals surface area contributed by atoms with E-state index in [0.29, 0.717) is 13.1 Å². The van der Waals surface area contributed by atoms with E-state index in [2.05, 4.69) is 5.32 Å². The van der Waals surface area contributed by atoms with Crippen LogP contribution in [0.5, 0.6) is 0 Å². The first-order chi connectivity index (χ1) is 6.15. The lowest BCUT2D eigenvalue weighted by Crippen LogP contribution is -2.44. The van der Waals surface area contributed by atoms with E-state index in [1.807, 2.05) is 0 Å².